The van der Waals surface area contributed by atoms with E-state index >= 15 is 0 Å². The van der Waals surface area contributed by atoms with Crippen molar-refractivity contribution < 1.29 is 9.53 Å². The highest BCUT2D eigenvalue weighted by Gasteiger charge is 2.32. The van der Waals surface area contributed by atoms with Crippen LogP contribution in [-0.4, -0.2) is 61.1 Å². The van der Waals surface area contributed by atoms with E-state index in [1.807, 2.05) is 17.0 Å². The predicted octanol–water partition coefficient (Wildman–Crippen LogP) is 2.36. The van der Waals surface area contributed by atoms with E-state index in [9.17, 15) is 4.79 Å². The molecule has 0 saturated carbocycles. The molecule has 0 aromatic heterocycles. The minimum absolute atomic E-state index is 0.161. The Kier molecular flexibility index (Phi) is 4.50. The number of benzene rings is 1. The Bertz CT molecular complexity index is 528. The van der Waals surface area contributed by atoms with Crippen molar-refractivity contribution in [3.63, 3.8) is 0 Å². The topological polar surface area (TPSA) is 32.8 Å². The Morgan fingerprint density at radius 1 is 1.23 bits per heavy atom. The molecule has 2 saturated heterocycles. The number of hydrogen-bond acceptors (Lipinski definition) is 3. The summed E-state index contributed by atoms with van der Waals surface area (Å²) in [7, 11) is 2.12. The molecule has 4 nitrogen and oxygen atoms in total. The van der Waals surface area contributed by atoms with E-state index in [4.69, 9.17) is 4.74 Å². The molecule has 1 aromatic rings. The molecule has 2 aliphatic rings. The van der Waals surface area contributed by atoms with Crippen molar-refractivity contribution in [2.75, 3.05) is 33.4 Å². The molecule has 0 N–H and O–H groups in total. The molecule has 120 valence electrons. The van der Waals surface area contributed by atoms with Crippen LogP contribution in [0.3, 0.4) is 0 Å². The lowest BCUT2D eigenvalue weighted by atomic mass is 9.96. The number of nitrogens with zero attached hydrogens (tertiary/aromatic N) is 2. The van der Waals surface area contributed by atoms with Crippen LogP contribution in [0.2, 0.25) is 0 Å². The minimum atomic E-state index is 0.161. The average Bonchev–Trinajstić information content (AvgIpc) is 3.00. The maximum atomic E-state index is 13.0. The Hall–Kier alpha value is -1.39. The quantitative estimate of drug-likeness (QED) is 0.841. The average molecular weight is 302 g/mol. The Balaban J connectivity index is 1.81. The highest BCUT2D eigenvalue weighted by atomic mass is 16.5. The molecule has 2 fully saturated rings. The number of piperazine rings is 1. The first-order valence-electron chi connectivity index (χ1n) is 8.25. The van der Waals surface area contributed by atoms with E-state index < -0.39 is 0 Å². The van der Waals surface area contributed by atoms with E-state index in [1.54, 1.807) is 0 Å². The van der Waals surface area contributed by atoms with E-state index in [-0.39, 0.29) is 18.0 Å². The van der Waals surface area contributed by atoms with Gasteiger partial charge in [-0.15, -0.1) is 0 Å². The van der Waals surface area contributed by atoms with Gasteiger partial charge in [-0.3, -0.25) is 4.79 Å². The van der Waals surface area contributed by atoms with E-state index in [2.05, 4.69) is 37.9 Å². The van der Waals surface area contributed by atoms with Crippen LogP contribution in [-0.2, 0) is 4.74 Å². The number of carbonyl (C=O) groups excluding carboxylic acids is 1. The van der Waals surface area contributed by atoms with Gasteiger partial charge in [0.25, 0.3) is 5.91 Å². The van der Waals surface area contributed by atoms with Crippen LogP contribution in [0, 0.1) is 0 Å². The zero-order valence-corrected chi connectivity index (χ0v) is 13.8. The zero-order valence-electron chi connectivity index (χ0n) is 13.8. The van der Waals surface area contributed by atoms with Gasteiger partial charge in [0, 0.05) is 43.3 Å². The van der Waals surface area contributed by atoms with Crippen molar-refractivity contribution in [3.05, 3.63) is 35.4 Å². The van der Waals surface area contributed by atoms with Crippen LogP contribution in [0.4, 0.5) is 0 Å². The predicted molar refractivity (Wildman–Crippen MR) is 87.2 cm³/mol. The minimum Gasteiger partial charge on any atom is -0.381 e. The molecule has 0 bridgehead atoms. The van der Waals surface area contributed by atoms with E-state index in [0.29, 0.717) is 5.92 Å². The van der Waals surface area contributed by atoms with Gasteiger partial charge in [-0.2, -0.15) is 0 Å². The van der Waals surface area contributed by atoms with Crippen LogP contribution >= 0.6 is 0 Å². The largest absolute Gasteiger partial charge is 0.381 e. The third kappa shape index (κ3) is 3.03. The molecule has 0 radical (unpaired) electrons. The van der Waals surface area contributed by atoms with Gasteiger partial charge in [0.1, 0.15) is 0 Å². The monoisotopic (exact) mass is 302 g/mol. The van der Waals surface area contributed by atoms with Crippen LogP contribution < -0.4 is 0 Å². The smallest absolute Gasteiger partial charge is 0.254 e. The molecule has 3 atom stereocenters. The van der Waals surface area contributed by atoms with Gasteiger partial charge < -0.3 is 14.5 Å². The maximum absolute atomic E-state index is 13.0. The summed E-state index contributed by atoms with van der Waals surface area (Å²) in [5, 5.41) is 0. The number of carbonyl (C=O) groups is 1. The Morgan fingerprint density at radius 3 is 2.59 bits per heavy atom. The van der Waals surface area contributed by atoms with Gasteiger partial charge in [0.15, 0.2) is 0 Å². The van der Waals surface area contributed by atoms with Gasteiger partial charge in [0.05, 0.1) is 6.61 Å². The fourth-order valence-electron chi connectivity index (χ4n) is 3.86. The summed E-state index contributed by atoms with van der Waals surface area (Å²) < 4.78 is 5.47. The van der Waals surface area contributed by atoms with Crippen LogP contribution in [0.15, 0.2) is 24.3 Å². The fourth-order valence-corrected chi connectivity index (χ4v) is 3.86. The lowest BCUT2D eigenvalue weighted by Gasteiger charge is -2.43. The summed E-state index contributed by atoms with van der Waals surface area (Å²) in [5.74, 6) is 0.601. The molecule has 4 heteroatoms. The first-order chi connectivity index (χ1) is 10.6. The van der Waals surface area contributed by atoms with Crippen LogP contribution in [0.25, 0.3) is 0 Å². The van der Waals surface area contributed by atoms with Crippen molar-refractivity contribution in [3.8, 4) is 0 Å². The first kappa shape index (κ1) is 15.5. The first-order valence-corrected chi connectivity index (χ1v) is 8.25. The molecule has 2 aliphatic heterocycles. The lowest BCUT2D eigenvalue weighted by Crippen LogP contribution is -2.57. The molecule has 3 unspecified atom stereocenters. The molecule has 22 heavy (non-hydrogen) atoms. The molecule has 3 rings (SSSR count). The highest BCUT2D eigenvalue weighted by Crippen LogP contribution is 2.27. The second kappa shape index (κ2) is 6.39. The second-order valence-corrected chi connectivity index (χ2v) is 6.82. The highest BCUT2D eigenvalue weighted by molar-refractivity contribution is 5.95. The van der Waals surface area contributed by atoms with Crippen molar-refractivity contribution in [1.29, 1.82) is 0 Å². The molecule has 1 aromatic carbocycles. The van der Waals surface area contributed by atoms with Gasteiger partial charge in [-0.05, 0) is 45.0 Å². The molecule has 0 spiro atoms. The number of amides is 1. The maximum Gasteiger partial charge on any atom is 0.254 e. The standard InChI is InChI=1S/C18H26N2O2/c1-13-10-19(3)11-14(2)20(13)18(21)16-6-4-5-15(9-16)17-7-8-22-12-17/h4-6,9,13-14,17H,7-8,10-12H2,1-3H3. The fraction of sp³-hybridized carbons (Fsp3) is 0.611. The molecule has 2 heterocycles. The third-order valence-electron chi connectivity index (χ3n) is 4.87. The van der Waals surface area contributed by atoms with Crippen molar-refractivity contribution >= 4 is 5.91 Å². The Morgan fingerprint density at radius 2 is 1.95 bits per heavy atom. The summed E-state index contributed by atoms with van der Waals surface area (Å²) in [6.45, 7) is 7.75. The molecular formula is C18H26N2O2. The van der Waals surface area contributed by atoms with Gasteiger partial charge in [-0.1, -0.05) is 12.1 Å². The SMILES string of the molecule is CC1CN(C)CC(C)N1C(=O)c1cccc(C2CCOC2)c1. The summed E-state index contributed by atoms with van der Waals surface area (Å²) in [5.41, 5.74) is 2.05. The van der Waals surface area contributed by atoms with Gasteiger partial charge >= 0.3 is 0 Å². The van der Waals surface area contributed by atoms with E-state index in [0.717, 1.165) is 38.3 Å². The van der Waals surface area contributed by atoms with E-state index in [1.165, 1.54) is 5.56 Å². The number of hydrogen-bond donors (Lipinski definition) is 0. The van der Waals surface area contributed by atoms with Crippen molar-refractivity contribution in [1.82, 2.24) is 9.80 Å². The van der Waals surface area contributed by atoms with Gasteiger partial charge in [0.2, 0.25) is 0 Å². The van der Waals surface area contributed by atoms with Crippen molar-refractivity contribution in [2.24, 2.45) is 0 Å². The summed E-state index contributed by atoms with van der Waals surface area (Å²) in [6, 6.07) is 8.64. The van der Waals surface area contributed by atoms with Crippen LogP contribution in [0.1, 0.15) is 42.1 Å². The van der Waals surface area contributed by atoms with Crippen molar-refractivity contribution in [2.45, 2.75) is 38.3 Å². The van der Waals surface area contributed by atoms with Gasteiger partial charge in [-0.25, -0.2) is 0 Å². The summed E-state index contributed by atoms with van der Waals surface area (Å²) in [6.07, 6.45) is 1.05. The lowest BCUT2D eigenvalue weighted by molar-refractivity contribution is 0.0350. The summed E-state index contributed by atoms with van der Waals surface area (Å²) >= 11 is 0. The summed E-state index contributed by atoms with van der Waals surface area (Å²) in [4.78, 5) is 17.3. The number of ether oxygens (including phenoxy) is 1. The normalized spacial score (nSPS) is 29.8. The third-order valence-corrected chi connectivity index (χ3v) is 4.87. The number of rotatable bonds is 2. The molecule has 0 aliphatic carbocycles. The van der Waals surface area contributed by atoms with Crippen LogP contribution in [0.5, 0.6) is 0 Å². The number of likely N-dealkylation sites (N-methyl/N-ethyl adjacent to an activating group) is 1. The molecular weight excluding hydrogens is 276 g/mol. The Labute approximate surface area is 133 Å². The molecule has 1 amide bonds. The second-order valence-electron chi connectivity index (χ2n) is 6.82. The zero-order chi connectivity index (χ0) is 15.7.